The minimum Gasteiger partial charge on any atom is -0.324 e. The summed E-state index contributed by atoms with van der Waals surface area (Å²) in [7, 11) is 0. The van der Waals surface area contributed by atoms with Crippen molar-refractivity contribution in [1.29, 1.82) is 0 Å². The maximum Gasteiger partial charge on any atom is 0.234 e. The zero-order valence-electron chi connectivity index (χ0n) is 16.6. The first-order valence-electron chi connectivity index (χ1n) is 9.35. The summed E-state index contributed by atoms with van der Waals surface area (Å²) >= 11 is 14.8. The molecule has 10 heteroatoms. The zero-order chi connectivity index (χ0) is 22.7. The minimum atomic E-state index is -0.287. The number of anilines is 1. The summed E-state index contributed by atoms with van der Waals surface area (Å²) in [4.78, 5) is 17.7. The third-order valence-electron chi connectivity index (χ3n) is 4.34. The van der Waals surface area contributed by atoms with Crippen LogP contribution < -0.4 is 5.32 Å². The predicted molar refractivity (Wildman–Crippen MR) is 129 cm³/mol. The molecule has 0 aliphatic rings. The molecule has 0 aliphatic carbocycles. The van der Waals surface area contributed by atoms with Crippen LogP contribution in [0.5, 0.6) is 0 Å². The average molecular weight is 505 g/mol. The van der Waals surface area contributed by atoms with Crippen LogP contribution in [-0.2, 0) is 4.79 Å². The number of nitrogens with zero attached hydrogens (tertiary/aromatic N) is 3. The minimum absolute atomic E-state index is 0.144. The van der Waals surface area contributed by atoms with Gasteiger partial charge in [-0.25, -0.2) is 9.37 Å². The van der Waals surface area contributed by atoms with Gasteiger partial charge in [-0.2, -0.15) is 0 Å². The topological polar surface area (TPSA) is 67.8 Å². The molecule has 0 aliphatic heterocycles. The molecule has 0 saturated heterocycles. The Morgan fingerprint density at radius 2 is 1.88 bits per heavy atom. The molecule has 0 saturated carbocycles. The van der Waals surface area contributed by atoms with E-state index in [9.17, 15) is 9.18 Å². The largest absolute Gasteiger partial charge is 0.324 e. The van der Waals surface area contributed by atoms with Crippen LogP contribution in [0.2, 0.25) is 10.0 Å². The van der Waals surface area contributed by atoms with Gasteiger partial charge in [-0.1, -0.05) is 41.0 Å². The third kappa shape index (κ3) is 5.27. The van der Waals surface area contributed by atoms with Crippen LogP contribution in [0.25, 0.3) is 21.1 Å². The Balaban J connectivity index is 1.41. The summed E-state index contributed by atoms with van der Waals surface area (Å²) in [5.74, 6) is -0.372. The summed E-state index contributed by atoms with van der Waals surface area (Å²) in [6.07, 6.45) is 0. The van der Waals surface area contributed by atoms with E-state index in [0.717, 1.165) is 21.1 Å². The van der Waals surface area contributed by atoms with E-state index in [1.165, 1.54) is 35.2 Å². The zero-order valence-corrected chi connectivity index (χ0v) is 19.7. The Hall–Kier alpha value is -2.52. The van der Waals surface area contributed by atoms with Crippen LogP contribution in [-0.4, -0.2) is 26.8 Å². The van der Waals surface area contributed by atoms with E-state index in [4.69, 9.17) is 23.2 Å². The first-order chi connectivity index (χ1) is 15.4. The van der Waals surface area contributed by atoms with Crippen molar-refractivity contribution in [1.82, 2.24) is 15.2 Å². The van der Waals surface area contributed by atoms with E-state index in [1.807, 2.05) is 19.1 Å². The van der Waals surface area contributed by atoms with Gasteiger partial charge in [-0.3, -0.25) is 4.79 Å². The molecule has 0 radical (unpaired) electrons. The highest BCUT2D eigenvalue weighted by molar-refractivity contribution is 7.99. The number of carbonyl (C=O) groups excluding carboxylic acids is 1. The number of benzene rings is 2. The van der Waals surface area contributed by atoms with Crippen LogP contribution in [0, 0.1) is 12.7 Å². The highest BCUT2D eigenvalue weighted by Crippen LogP contribution is 2.34. The summed E-state index contributed by atoms with van der Waals surface area (Å²) in [6.45, 7) is 1.90. The Kier molecular flexibility index (Phi) is 7.05. The van der Waals surface area contributed by atoms with Crippen LogP contribution in [0.15, 0.2) is 59.6 Å². The van der Waals surface area contributed by atoms with Crippen molar-refractivity contribution in [3.05, 3.63) is 76.2 Å². The van der Waals surface area contributed by atoms with Crippen LogP contribution in [0.3, 0.4) is 0 Å². The molecule has 2 heterocycles. The van der Waals surface area contributed by atoms with Crippen molar-refractivity contribution in [2.24, 2.45) is 0 Å². The second-order valence-electron chi connectivity index (χ2n) is 6.64. The number of aromatic nitrogens is 3. The number of rotatable bonds is 6. The molecule has 0 fully saturated rings. The van der Waals surface area contributed by atoms with E-state index < -0.39 is 0 Å². The lowest BCUT2D eigenvalue weighted by atomic mass is 10.2. The lowest BCUT2D eigenvalue weighted by Gasteiger charge is -2.07. The van der Waals surface area contributed by atoms with Crippen LogP contribution >= 0.6 is 46.3 Å². The second-order valence-corrected chi connectivity index (χ2v) is 9.42. The van der Waals surface area contributed by atoms with Gasteiger partial charge in [-0.05, 0) is 55.5 Å². The average Bonchev–Trinajstić information content (AvgIpc) is 3.18. The third-order valence-corrected chi connectivity index (χ3v) is 7.31. The van der Waals surface area contributed by atoms with Gasteiger partial charge in [0.2, 0.25) is 5.91 Å². The van der Waals surface area contributed by atoms with Crippen LogP contribution in [0.4, 0.5) is 10.1 Å². The van der Waals surface area contributed by atoms with Crippen molar-refractivity contribution < 1.29 is 9.18 Å². The van der Waals surface area contributed by atoms with E-state index in [2.05, 4.69) is 20.5 Å². The molecule has 4 aromatic rings. The summed E-state index contributed by atoms with van der Waals surface area (Å²) < 4.78 is 13.2. The highest BCUT2D eigenvalue weighted by atomic mass is 35.5. The molecule has 1 N–H and O–H groups in total. The summed E-state index contributed by atoms with van der Waals surface area (Å²) in [6, 6.07) is 14.9. The molecule has 162 valence electrons. The van der Waals surface area contributed by atoms with Crippen molar-refractivity contribution >= 4 is 57.9 Å². The van der Waals surface area contributed by atoms with Gasteiger partial charge in [0.15, 0.2) is 0 Å². The quantitative estimate of drug-likeness (QED) is 0.294. The number of aryl methyl sites for hydroxylation is 1. The number of thioether (sulfide) groups is 1. The molecule has 0 unspecified atom stereocenters. The van der Waals surface area contributed by atoms with Crippen molar-refractivity contribution in [2.45, 2.75) is 11.9 Å². The van der Waals surface area contributed by atoms with Gasteiger partial charge in [0.05, 0.1) is 32.1 Å². The van der Waals surface area contributed by atoms with Gasteiger partial charge in [-0.15, -0.1) is 21.5 Å². The maximum atomic E-state index is 13.2. The lowest BCUT2D eigenvalue weighted by Crippen LogP contribution is -2.14. The van der Waals surface area contributed by atoms with Gasteiger partial charge >= 0.3 is 0 Å². The molecule has 0 bridgehead atoms. The molecule has 2 aromatic heterocycles. The molecular formula is C22H15Cl2FN4OS2. The lowest BCUT2D eigenvalue weighted by molar-refractivity contribution is -0.113. The van der Waals surface area contributed by atoms with Gasteiger partial charge < -0.3 is 5.32 Å². The second kappa shape index (κ2) is 9.95. The molecule has 32 heavy (non-hydrogen) atoms. The fraction of sp³-hybridized carbons (Fsp3) is 0.0909. The highest BCUT2D eigenvalue weighted by Gasteiger charge is 2.14. The fourth-order valence-corrected chi connectivity index (χ4v) is 4.79. The Bertz CT molecular complexity index is 1260. The number of nitrogens with one attached hydrogen (secondary N) is 1. The Morgan fingerprint density at radius 1 is 1.09 bits per heavy atom. The number of halogens is 3. The predicted octanol–water partition coefficient (Wildman–Crippen LogP) is 6.75. The normalized spacial score (nSPS) is 10.9. The fourth-order valence-electron chi connectivity index (χ4n) is 2.79. The van der Waals surface area contributed by atoms with Crippen molar-refractivity contribution in [3.63, 3.8) is 0 Å². The number of carbonyl (C=O) groups is 1. The van der Waals surface area contributed by atoms with E-state index in [0.29, 0.717) is 26.5 Å². The molecule has 2 aromatic carbocycles. The monoisotopic (exact) mass is 504 g/mol. The van der Waals surface area contributed by atoms with Gasteiger partial charge in [0.1, 0.15) is 21.5 Å². The molecule has 1 amide bonds. The molecule has 5 nitrogen and oxygen atoms in total. The van der Waals surface area contributed by atoms with Crippen LogP contribution in [0.1, 0.15) is 5.69 Å². The first kappa shape index (κ1) is 22.7. The summed E-state index contributed by atoms with van der Waals surface area (Å²) in [5.41, 5.74) is 2.82. The van der Waals surface area contributed by atoms with Gasteiger partial charge in [0.25, 0.3) is 0 Å². The van der Waals surface area contributed by atoms with Crippen molar-refractivity contribution in [3.8, 4) is 21.1 Å². The van der Waals surface area contributed by atoms with Crippen molar-refractivity contribution in [2.75, 3.05) is 11.1 Å². The SMILES string of the molecule is Cc1nc(-c2ccc(F)cc2)sc1-c1ccc(SCC(=O)Nc2cccc(Cl)c2Cl)nn1. The maximum absolute atomic E-state index is 13.2. The molecule has 0 atom stereocenters. The number of hydrogen-bond acceptors (Lipinski definition) is 6. The van der Waals surface area contributed by atoms with E-state index >= 15 is 0 Å². The smallest absolute Gasteiger partial charge is 0.234 e. The number of thiazole rings is 1. The molecular weight excluding hydrogens is 490 g/mol. The number of hydrogen-bond donors (Lipinski definition) is 1. The molecule has 0 spiro atoms. The van der Waals surface area contributed by atoms with Gasteiger partial charge in [0, 0.05) is 5.56 Å². The Labute approximate surface area is 202 Å². The van der Waals surface area contributed by atoms with E-state index in [1.54, 1.807) is 30.3 Å². The summed E-state index contributed by atoms with van der Waals surface area (Å²) in [5, 5.41) is 13.3. The Morgan fingerprint density at radius 3 is 2.59 bits per heavy atom. The first-order valence-corrected chi connectivity index (χ1v) is 11.9. The van der Waals surface area contributed by atoms with E-state index in [-0.39, 0.29) is 17.5 Å². The molecule has 4 rings (SSSR count). The standard InChI is InChI=1S/C22H15Cl2FN4OS2/c1-12-21(32-22(26-12)13-5-7-14(25)8-6-13)17-9-10-19(29-28-17)31-11-18(30)27-16-4-2-3-15(23)20(16)24/h2-10H,11H2,1H3,(H,27,30). The number of amides is 1.